The van der Waals surface area contributed by atoms with Gasteiger partial charge in [0.05, 0.1) is 13.2 Å². The van der Waals surface area contributed by atoms with Gasteiger partial charge in [0.2, 0.25) is 5.91 Å². The van der Waals surface area contributed by atoms with Gasteiger partial charge in [-0.25, -0.2) is 0 Å². The molecule has 104 valence electrons. The van der Waals surface area contributed by atoms with Crippen LogP contribution < -0.4 is 10.5 Å². The van der Waals surface area contributed by atoms with Gasteiger partial charge in [0, 0.05) is 18.1 Å². The molecule has 1 saturated heterocycles. The second kappa shape index (κ2) is 6.75. The van der Waals surface area contributed by atoms with Gasteiger partial charge in [0.15, 0.2) is 0 Å². The SMILES string of the molecule is NC(=O)CN1CCO[C@@H](COc2cccc(Cl)c2)C1. The third-order valence-corrected chi connectivity index (χ3v) is 3.07. The van der Waals surface area contributed by atoms with Crippen LogP contribution >= 0.6 is 11.6 Å². The molecule has 2 N–H and O–H groups in total. The highest BCUT2D eigenvalue weighted by Crippen LogP contribution is 2.18. The van der Waals surface area contributed by atoms with Crippen LogP contribution in [0.4, 0.5) is 0 Å². The van der Waals surface area contributed by atoms with Crippen molar-refractivity contribution in [1.29, 1.82) is 0 Å². The molecule has 1 fully saturated rings. The number of benzene rings is 1. The molecule has 0 spiro atoms. The lowest BCUT2D eigenvalue weighted by Crippen LogP contribution is -2.47. The highest BCUT2D eigenvalue weighted by atomic mass is 35.5. The fourth-order valence-corrected chi connectivity index (χ4v) is 2.17. The summed E-state index contributed by atoms with van der Waals surface area (Å²) < 4.78 is 11.2. The predicted octanol–water partition coefficient (Wildman–Crippen LogP) is 0.905. The van der Waals surface area contributed by atoms with E-state index in [1.807, 2.05) is 17.0 Å². The van der Waals surface area contributed by atoms with Crippen LogP contribution in [-0.2, 0) is 9.53 Å². The van der Waals surface area contributed by atoms with Crippen molar-refractivity contribution in [3.8, 4) is 5.75 Å². The summed E-state index contributed by atoms with van der Waals surface area (Å²) in [7, 11) is 0. The Kier molecular flexibility index (Phi) is 5.01. The molecule has 5 nitrogen and oxygen atoms in total. The maximum absolute atomic E-state index is 10.9. The number of primary amides is 1. The molecule has 0 aromatic heterocycles. The van der Waals surface area contributed by atoms with E-state index in [0.717, 1.165) is 6.54 Å². The zero-order valence-corrected chi connectivity index (χ0v) is 11.3. The molecule has 1 aromatic rings. The van der Waals surface area contributed by atoms with Crippen molar-refractivity contribution in [2.24, 2.45) is 5.73 Å². The topological polar surface area (TPSA) is 64.8 Å². The van der Waals surface area contributed by atoms with Crippen molar-refractivity contribution < 1.29 is 14.3 Å². The zero-order chi connectivity index (χ0) is 13.7. The van der Waals surface area contributed by atoms with Gasteiger partial charge in [0.1, 0.15) is 18.5 Å². The number of hydrogen-bond acceptors (Lipinski definition) is 4. The Morgan fingerprint density at radius 3 is 3.16 bits per heavy atom. The van der Waals surface area contributed by atoms with Crippen LogP contribution in [0.2, 0.25) is 5.02 Å². The molecule has 0 aliphatic carbocycles. The highest BCUT2D eigenvalue weighted by Gasteiger charge is 2.21. The third kappa shape index (κ3) is 4.70. The number of halogens is 1. The number of hydrogen-bond donors (Lipinski definition) is 1. The molecule has 0 radical (unpaired) electrons. The number of amides is 1. The summed E-state index contributed by atoms with van der Waals surface area (Å²) >= 11 is 5.88. The van der Waals surface area contributed by atoms with Gasteiger partial charge < -0.3 is 15.2 Å². The van der Waals surface area contributed by atoms with Crippen LogP contribution in [-0.4, -0.2) is 49.8 Å². The summed E-state index contributed by atoms with van der Waals surface area (Å²) in [5.41, 5.74) is 5.18. The summed E-state index contributed by atoms with van der Waals surface area (Å²) in [5.74, 6) is 0.388. The van der Waals surface area contributed by atoms with Crippen LogP contribution in [0.1, 0.15) is 0 Å². The lowest BCUT2D eigenvalue weighted by molar-refractivity contribution is -0.121. The standard InChI is InChI=1S/C13H17ClN2O3/c14-10-2-1-3-11(6-10)19-9-12-7-16(4-5-18-12)8-13(15)17/h1-3,6,12H,4-5,7-9H2,(H2,15,17)/t12-/m1/s1. The molecule has 19 heavy (non-hydrogen) atoms. The summed E-state index contributed by atoms with van der Waals surface area (Å²) in [6, 6.07) is 7.22. The molecular formula is C13H17ClN2O3. The van der Waals surface area contributed by atoms with E-state index >= 15 is 0 Å². The molecule has 1 heterocycles. The number of nitrogens with two attached hydrogens (primary N) is 1. The number of nitrogens with zero attached hydrogens (tertiary/aromatic N) is 1. The Morgan fingerprint density at radius 2 is 2.42 bits per heavy atom. The van der Waals surface area contributed by atoms with Gasteiger partial charge in [-0.3, -0.25) is 9.69 Å². The maximum atomic E-state index is 10.9. The lowest BCUT2D eigenvalue weighted by atomic mass is 10.3. The Labute approximate surface area is 117 Å². The van der Waals surface area contributed by atoms with Crippen molar-refractivity contribution in [2.45, 2.75) is 6.10 Å². The van der Waals surface area contributed by atoms with E-state index in [9.17, 15) is 4.79 Å². The lowest BCUT2D eigenvalue weighted by Gasteiger charge is -2.31. The van der Waals surface area contributed by atoms with E-state index in [1.54, 1.807) is 12.1 Å². The van der Waals surface area contributed by atoms with Gasteiger partial charge in [-0.05, 0) is 18.2 Å². The first-order chi connectivity index (χ1) is 9.13. The van der Waals surface area contributed by atoms with Crippen LogP contribution in [0.25, 0.3) is 0 Å². The number of ether oxygens (including phenoxy) is 2. The first kappa shape index (κ1) is 14.1. The Bertz CT molecular complexity index is 442. The molecule has 6 heteroatoms. The quantitative estimate of drug-likeness (QED) is 0.873. The maximum Gasteiger partial charge on any atom is 0.231 e. The molecule has 1 aliphatic heterocycles. The van der Waals surface area contributed by atoms with Crippen LogP contribution in [0.3, 0.4) is 0 Å². The molecule has 0 bridgehead atoms. The van der Waals surface area contributed by atoms with Gasteiger partial charge in [-0.15, -0.1) is 0 Å². The summed E-state index contributed by atoms with van der Waals surface area (Å²) in [6.07, 6.45) is -0.0629. The van der Waals surface area contributed by atoms with E-state index in [4.69, 9.17) is 26.8 Å². The monoisotopic (exact) mass is 284 g/mol. The molecule has 1 aromatic carbocycles. The minimum atomic E-state index is -0.323. The number of morpholine rings is 1. The van der Waals surface area contributed by atoms with E-state index in [2.05, 4.69) is 0 Å². The van der Waals surface area contributed by atoms with Gasteiger partial charge in [0.25, 0.3) is 0 Å². The molecule has 1 aliphatic rings. The van der Waals surface area contributed by atoms with Crippen molar-refractivity contribution in [3.63, 3.8) is 0 Å². The number of carbonyl (C=O) groups excluding carboxylic acids is 1. The zero-order valence-electron chi connectivity index (χ0n) is 10.5. The molecule has 0 unspecified atom stereocenters. The number of carbonyl (C=O) groups is 1. The van der Waals surface area contributed by atoms with Crippen molar-refractivity contribution in [3.05, 3.63) is 29.3 Å². The van der Waals surface area contributed by atoms with Gasteiger partial charge in [-0.2, -0.15) is 0 Å². The highest BCUT2D eigenvalue weighted by molar-refractivity contribution is 6.30. The van der Waals surface area contributed by atoms with E-state index in [1.165, 1.54) is 0 Å². The summed E-state index contributed by atoms with van der Waals surface area (Å²) in [5, 5.41) is 0.636. The Morgan fingerprint density at radius 1 is 1.58 bits per heavy atom. The van der Waals surface area contributed by atoms with Gasteiger partial charge >= 0.3 is 0 Å². The Hall–Kier alpha value is -1.30. The largest absolute Gasteiger partial charge is 0.491 e. The second-order valence-electron chi connectivity index (χ2n) is 4.46. The minimum absolute atomic E-state index is 0.0629. The van der Waals surface area contributed by atoms with Gasteiger partial charge in [-0.1, -0.05) is 17.7 Å². The summed E-state index contributed by atoms with van der Waals surface area (Å²) in [4.78, 5) is 12.9. The smallest absolute Gasteiger partial charge is 0.231 e. The fraction of sp³-hybridized carbons (Fsp3) is 0.462. The minimum Gasteiger partial charge on any atom is -0.491 e. The second-order valence-corrected chi connectivity index (χ2v) is 4.90. The molecule has 0 saturated carbocycles. The van der Waals surface area contributed by atoms with Crippen molar-refractivity contribution in [2.75, 3.05) is 32.8 Å². The normalized spacial score (nSPS) is 20.2. The average Bonchev–Trinajstić information content (AvgIpc) is 2.36. The van der Waals surface area contributed by atoms with E-state index in [0.29, 0.717) is 30.5 Å². The van der Waals surface area contributed by atoms with Crippen LogP contribution in [0.5, 0.6) is 5.75 Å². The first-order valence-corrected chi connectivity index (χ1v) is 6.52. The predicted molar refractivity (Wildman–Crippen MR) is 72.3 cm³/mol. The van der Waals surface area contributed by atoms with Crippen LogP contribution in [0, 0.1) is 0 Å². The molecule has 1 atom stereocenters. The van der Waals surface area contributed by atoms with E-state index in [-0.39, 0.29) is 18.6 Å². The number of rotatable bonds is 5. The van der Waals surface area contributed by atoms with Crippen molar-refractivity contribution >= 4 is 17.5 Å². The van der Waals surface area contributed by atoms with Crippen molar-refractivity contribution in [1.82, 2.24) is 4.90 Å². The first-order valence-electron chi connectivity index (χ1n) is 6.14. The summed E-state index contributed by atoms with van der Waals surface area (Å²) in [6.45, 7) is 2.63. The average molecular weight is 285 g/mol. The fourth-order valence-electron chi connectivity index (χ4n) is 1.99. The third-order valence-electron chi connectivity index (χ3n) is 2.83. The van der Waals surface area contributed by atoms with Crippen LogP contribution in [0.15, 0.2) is 24.3 Å². The Balaban J connectivity index is 1.81. The molecular weight excluding hydrogens is 268 g/mol. The van der Waals surface area contributed by atoms with E-state index < -0.39 is 0 Å². The molecule has 2 rings (SSSR count). The molecule has 1 amide bonds.